The highest BCUT2D eigenvalue weighted by Gasteiger charge is 2.18. The molecule has 19 heavy (non-hydrogen) atoms. The van der Waals surface area contributed by atoms with Crippen LogP contribution in [0.25, 0.3) is 0 Å². The van der Waals surface area contributed by atoms with Crippen LogP contribution in [-0.2, 0) is 4.79 Å². The molecule has 1 rings (SSSR count). The highest BCUT2D eigenvalue weighted by atomic mass is 16.5. The van der Waals surface area contributed by atoms with Crippen LogP contribution in [0, 0.1) is 0 Å². The molecular formula is C14H22N2O3. The standard InChI is InChI=1S/C14H22N2O3/c1-10(17)14-11(7-6-8-12(14)19-5)16(4)9-13(18)15(2)3/h6-8,10,17H,9H2,1-5H3/t10-/m1/s1. The Morgan fingerprint density at radius 3 is 2.47 bits per heavy atom. The SMILES string of the molecule is COc1cccc(N(C)CC(=O)N(C)C)c1[C@@H](C)O. The van der Waals surface area contributed by atoms with Gasteiger partial charge in [-0.05, 0) is 19.1 Å². The number of carbonyl (C=O) groups excluding carboxylic acids is 1. The molecule has 1 atom stereocenters. The third-order valence-electron chi connectivity index (χ3n) is 2.96. The Hall–Kier alpha value is -1.75. The Balaban J connectivity index is 3.08. The number of nitrogens with zero attached hydrogens (tertiary/aromatic N) is 2. The zero-order chi connectivity index (χ0) is 14.6. The molecule has 1 aromatic rings. The molecular weight excluding hydrogens is 244 g/mol. The van der Waals surface area contributed by atoms with Crippen molar-refractivity contribution in [1.82, 2.24) is 4.90 Å². The van der Waals surface area contributed by atoms with Gasteiger partial charge in [-0.25, -0.2) is 0 Å². The average Bonchev–Trinajstić information content (AvgIpc) is 2.37. The number of rotatable bonds is 5. The minimum atomic E-state index is -0.664. The first-order chi connectivity index (χ1) is 8.88. The second kappa shape index (κ2) is 6.43. The van der Waals surface area contributed by atoms with E-state index in [1.54, 1.807) is 39.1 Å². The number of amides is 1. The highest BCUT2D eigenvalue weighted by Crippen LogP contribution is 2.33. The van der Waals surface area contributed by atoms with E-state index in [0.717, 1.165) is 5.69 Å². The minimum absolute atomic E-state index is 0.00172. The molecule has 106 valence electrons. The highest BCUT2D eigenvalue weighted by molar-refractivity contribution is 5.81. The Bertz CT molecular complexity index is 444. The van der Waals surface area contributed by atoms with Gasteiger partial charge in [-0.2, -0.15) is 0 Å². The molecule has 0 spiro atoms. The quantitative estimate of drug-likeness (QED) is 0.872. The zero-order valence-electron chi connectivity index (χ0n) is 12.2. The summed E-state index contributed by atoms with van der Waals surface area (Å²) in [5, 5.41) is 9.91. The van der Waals surface area contributed by atoms with Crippen molar-refractivity contribution in [2.24, 2.45) is 0 Å². The fourth-order valence-electron chi connectivity index (χ4n) is 1.89. The van der Waals surface area contributed by atoms with Crippen LogP contribution in [0.3, 0.4) is 0 Å². The Morgan fingerprint density at radius 1 is 1.37 bits per heavy atom. The molecule has 0 saturated heterocycles. The maximum atomic E-state index is 11.8. The summed E-state index contributed by atoms with van der Waals surface area (Å²) in [6.07, 6.45) is -0.664. The Kier molecular flexibility index (Phi) is 5.18. The van der Waals surface area contributed by atoms with Crippen molar-refractivity contribution in [3.8, 4) is 5.75 Å². The van der Waals surface area contributed by atoms with Crippen molar-refractivity contribution in [1.29, 1.82) is 0 Å². The van der Waals surface area contributed by atoms with Gasteiger partial charge in [0.25, 0.3) is 0 Å². The van der Waals surface area contributed by atoms with Crippen molar-refractivity contribution in [2.45, 2.75) is 13.0 Å². The Labute approximate surface area is 114 Å². The molecule has 0 aliphatic heterocycles. The van der Waals surface area contributed by atoms with E-state index in [4.69, 9.17) is 4.74 Å². The molecule has 1 amide bonds. The molecule has 0 radical (unpaired) electrons. The fourth-order valence-corrected chi connectivity index (χ4v) is 1.89. The van der Waals surface area contributed by atoms with E-state index in [-0.39, 0.29) is 12.5 Å². The van der Waals surface area contributed by atoms with Crippen LogP contribution in [0.5, 0.6) is 5.75 Å². The maximum Gasteiger partial charge on any atom is 0.241 e. The van der Waals surface area contributed by atoms with Gasteiger partial charge in [0.1, 0.15) is 5.75 Å². The molecule has 0 unspecified atom stereocenters. The first-order valence-corrected chi connectivity index (χ1v) is 6.14. The van der Waals surface area contributed by atoms with Gasteiger partial charge in [-0.1, -0.05) is 6.07 Å². The fraction of sp³-hybridized carbons (Fsp3) is 0.500. The van der Waals surface area contributed by atoms with Crippen LogP contribution in [-0.4, -0.2) is 50.7 Å². The van der Waals surface area contributed by atoms with E-state index < -0.39 is 6.10 Å². The van der Waals surface area contributed by atoms with Crippen LogP contribution >= 0.6 is 0 Å². The Morgan fingerprint density at radius 2 is 2.00 bits per heavy atom. The second-order valence-corrected chi connectivity index (χ2v) is 4.71. The average molecular weight is 266 g/mol. The number of methoxy groups -OCH3 is 1. The molecule has 0 bridgehead atoms. The summed E-state index contributed by atoms with van der Waals surface area (Å²) in [6.45, 7) is 1.93. The van der Waals surface area contributed by atoms with Crippen molar-refractivity contribution in [3.63, 3.8) is 0 Å². The molecule has 0 aliphatic rings. The third kappa shape index (κ3) is 3.61. The molecule has 5 nitrogen and oxygen atoms in total. The zero-order valence-corrected chi connectivity index (χ0v) is 12.2. The van der Waals surface area contributed by atoms with Crippen molar-refractivity contribution < 1.29 is 14.6 Å². The van der Waals surface area contributed by atoms with Gasteiger partial charge in [0, 0.05) is 32.4 Å². The topological polar surface area (TPSA) is 53.0 Å². The normalized spacial score (nSPS) is 11.9. The van der Waals surface area contributed by atoms with Crippen molar-refractivity contribution >= 4 is 11.6 Å². The lowest BCUT2D eigenvalue weighted by atomic mass is 10.1. The van der Waals surface area contributed by atoms with E-state index in [2.05, 4.69) is 0 Å². The number of hydrogen-bond acceptors (Lipinski definition) is 4. The van der Waals surface area contributed by atoms with E-state index in [9.17, 15) is 9.90 Å². The number of aliphatic hydroxyl groups excluding tert-OH is 1. The minimum Gasteiger partial charge on any atom is -0.496 e. The van der Waals surface area contributed by atoms with Crippen molar-refractivity contribution in [3.05, 3.63) is 23.8 Å². The van der Waals surface area contributed by atoms with E-state index in [0.29, 0.717) is 11.3 Å². The summed E-state index contributed by atoms with van der Waals surface area (Å²) in [5.74, 6) is 0.624. The summed E-state index contributed by atoms with van der Waals surface area (Å²) < 4.78 is 5.27. The second-order valence-electron chi connectivity index (χ2n) is 4.71. The van der Waals surface area contributed by atoms with Crippen LogP contribution in [0.2, 0.25) is 0 Å². The predicted octanol–water partition coefficient (Wildman–Crippen LogP) is 1.27. The molecule has 0 aromatic heterocycles. The first-order valence-electron chi connectivity index (χ1n) is 6.14. The summed E-state index contributed by atoms with van der Waals surface area (Å²) in [5.41, 5.74) is 1.49. The number of carbonyl (C=O) groups is 1. The van der Waals surface area contributed by atoms with Gasteiger partial charge < -0.3 is 19.6 Å². The van der Waals surface area contributed by atoms with Gasteiger partial charge in [0.15, 0.2) is 0 Å². The molecule has 5 heteroatoms. The van der Waals surface area contributed by atoms with E-state index in [1.165, 1.54) is 0 Å². The number of anilines is 1. The number of benzene rings is 1. The van der Waals surface area contributed by atoms with Gasteiger partial charge in [0.05, 0.1) is 19.8 Å². The monoisotopic (exact) mass is 266 g/mol. The number of ether oxygens (including phenoxy) is 1. The van der Waals surface area contributed by atoms with Crippen LogP contribution in [0.15, 0.2) is 18.2 Å². The summed E-state index contributed by atoms with van der Waals surface area (Å²) in [7, 11) is 6.83. The van der Waals surface area contributed by atoms with E-state index >= 15 is 0 Å². The predicted molar refractivity (Wildman–Crippen MR) is 75.6 cm³/mol. The lowest BCUT2D eigenvalue weighted by molar-refractivity contribution is -0.127. The molecule has 1 aromatic carbocycles. The summed E-state index contributed by atoms with van der Waals surface area (Å²) >= 11 is 0. The van der Waals surface area contributed by atoms with Gasteiger partial charge in [-0.3, -0.25) is 4.79 Å². The van der Waals surface area contributed by atoms with Gasteiger partial charge >= 0.3 is 0 Å². The van der Waals surface area contributed by atoms with E-state index in [1.807, 2.05) is 24.1 Å². The van der Waals surface area contributed by atoms with Crippen molar-refractivity contribution in [2.75, 3.05) is 39.7 Å². The molecule has 0 saturated carbocycles. The molecule has 0 aliphatic carbocycles. The largest absolute Gasteiger partial charge is 0.496 e. The lowest BCUT2D eigenvalue weighted by Gasteiger charge is -2.25. The number of hydrogen-bond donors (Lipinski definition) is 1. The van der Waals surface area contributed by atoms with Crippen LogP contribution < -0.4 is 9.64 Å². The third-order valence-corrected chi connectivity index (χ3v) is 2.96. The van der Waals surface area contributed by atoms with Gasteiger partial charge in [-0.15, -0.1) is 0 Å². The number of likely N-dealkylation sites (N-methyl/N-ethyl adjacent to an activating group) is 2. The molecule has 0 fully saturated rings. The lowest BCUT2D eigenvalue weighted by Crippen LogP contribution is -2.34. The molecule has 1 N–H and O–H groups in total. The first kappa shape index (κ1) is 15.3. The summed E-state index contributed by atoms with van der Waals surface area (Å²) in [4.78, 5) is 15.1. The summed E-state index contributed by atoms with van der Waals surface area (Å²) in [6, 6.07) is 5.51. The molecule has 0 heterocycles. The van der Waals surface area contributed by atoms with Crippen LogP contribution in [0.4, 0.5) is 5.69 Å². The van der Waals surface area contributed by atoms with Gasteiger partial charge in [0.2, 0.25) is 5.91 Å². The number of aliphatic hydroxyl groups is 1. The maximum absolute atomic E-state index is 11.8. The smallest absolute Gasteiger partial charge is 0.241 e. The van der Waals surface area contributed by atoms with Crippen LogP contribution in [0.1, 0.15) is 18.6 Å².